The summed E-state index contributed by atoms with van der Waals surface area (Å²) in [5, 5.41) is 22.0. The third-order valence-electron chi connectivity index (χ3n) is 0.679. The molecule has 0 amide bonds. The van der Waals surface area contributed by atoms with Crippen LogP contribution in [-0.4, -0.2) is 33.5 Å². The van der Waals surface area contributed by atoms with Crippen molar-refractivity contribution in [2.75, 3.05) is 0 Å². The molecule has 0 spiro atoms. The summed E-state index contributed by atoms with van der Waals surface area (Å²) in [7, 11) is 0. The monoisotopic (exact) mass is 206 g/mol. The largest absolute Gasteiger partial charge is 2.00 e. The predicted octanol–water partition coefficient (Wildman–Crippen LogP) is 0.608. The molecule has 0 fully saturated rings. The molecular formula is C8H17BeN6+. The summed E-state index contributed by atoms with van der Waals surface area (Å²) < 4.78 is 0. The number of rotatable bonds is 0. The summed E-state index contributed by atoms with van der Waals surface area (Å²) in [4.78, 5) is 3.56. The molecule has 0 aromatic rings. The van der Waals surface area contributed by atoms with Gasteiger partial charge in [-0.15, -0.1) is 0 Å². The predicted molar refractivity (Wildman–Crippen MR) is 66.0 cm³/mol. The van der Waals surface area contributed by atoms with Crippen molar-refractivity contribution in [2.24, 2.45) is 4.99 Å². The first-order valence-corrected chi connectivity index (χ1v) is 3.93. The Bertz CT molecular complexity index is 242. The van der Waals surface area contributed by atoms with Crippen LogP contribution in [0.15, 0.2) is 4.99 Å². The maximum absolute atomic E-state index is 6.76. The Balaban J connectivity index is -0.000000180. The summed E-state index contributed by atoms with van der Waals surface area (Å²) in [6, 6.07) is 0. The second-order valence-corrected chi connectivity index (χ2v) is 2.62. The summed E-state index contributed by atoms with van der Waals surface area (Å²) >= 11 is 0. The Labute approximate surface area is 94.1 Å². The van der Waals surface area contributed by atoms with Crippen LogP contribution in [0.5, 0.6) is 0 Å². The van der Waals surface area contributed by atoms with Crippen molar-refractivity contribution in [1.82, 2.24) is 0 Å². The standard InChI is InChI=1S/2C4H8N3.Be/c2*1-3(5)7-4(2)6;/h2*1-2H3,(H2-,5,6,7);/q2*-1;+2/p+1. The van der Waals surface area contributed by atoms with Crippen LogP contribution in [0.3, 0.4) is 0 Å². The molecule has 0 aliphatic rings. The summed E-state index contributed by atoms with van der Waals surface area (Å²) in [6.45, 7) is 6.31. The first-order chi connectivity index (χ1) is 6.25. The van der Waals surface area contributed by atoms with E-state index in [1.807, 2.05) is 0 Å². The van der Waals surface area contributed by atoms with Crippen LogP contribution in [0.2, 0.25) is 0 Å². The molecule has 7 heteroatoms. The van der Waals surface area contributed by atoms with E-state index in [0.717, 1.165) is 0 Å². The Morgan fingerprint density at radius 2 is 1.47 bits per heavy atom. The molecule has 0 unspecified atom stereocenters. The van der Waals surface area contributed by atoms with Crippen LogP contribution in [0.25, 0.3) is 11.1 Å². The zero-order chi connectivity index (χ0) is 11.7. The molecule has 0 heterocycles. The normalized spacial score (nSPS) is 8.93. The zero-order valence-corrected chi connectivity index (χ0v) is 9.68. The SMILES string of the molecule is CC(=N)[N-]C(C)=N.CC(=[NH2+])N=C(C)[NH-].[Be+2]. The van der Waals surface area contributed by atoms with E-state index in [0.29, 0.717) is 5.84 Å². The van der Waals surface area contributed by atoms with Gasteiger partial charge in [0, 0.05) is 0 Å². The quantitative estimate of drug-likeness (QED) is 0.292. The molecule has 80 valence electrons. The molecule has 0 radical (unpaired) electrons. The van der Waals surface area contributed by atoms with Gasteiger partial charge in [0.1, 0.15) is 0 Å². The van der Waals surface area contributed by atoms with Gasteiger partial charge in [0.15, 0.2) is 0 Å². The van der Waals surface area contributed by atoms with Crippen LogP contribution in [0, 0.1) is 10.8 Å². The van der Waals surface area contributed by atoms with Gasteiger partial charge < -0.3 is 32.3 Å². The van der Waals surface area contributed by atoms with E-state index < -0.39 is 0 Å². The number of nitrogens with two attached hydrogens (primary N) is 1. The minimum absolute atomic E-state index is 0. The minimum atomic E-state index is 0. The van der Waals surface area contributed by atoms with E-state index in [9.17, 15) is 0 Å². The maximum atomic E-state index is 6.76. The fourth-order valence-corrected chi connectivity index (χ4v) is 0.516. The average molecular weight is 206 g/mol. The molecule has 0 aliphatic heterocycles. The van der Waals surface area contributed by atoms with E-state index in [-0.39, 0.29) is 27.6 Å². The van der Waals surface area contributed by atoms with Crippen molar-refractivity contribution in [2.45, 2.75) is 27.7 Å². The average Bonchev–Trinajstić information content (AvgIpc) is 1.79. The molecule has 0 bridgehead atoms. The fraction of sp³-hybridized carbons (Fsp3) is 0.500. The molecule has 0 rings (SSSR count). The Morgan fingerprint density at radius 1 is 1.13 bits per heavy atom. The van der Waals surface area contributed by atoms with E-state index in [4.69, 9.17) is 22.0 Å². The molecule has 0 atom stereocenters. The van der Waals surface area contributed by atoms with Gasteiger partial charge >= 0.3 is 10.1 Å². The van der Waals surface area contributed by atoms with Gasteiger partial charge in [-0.25, -0.2) is 0 Å². The first kappa shape index (κ1) is 19.1. The van der Waals surface area contributed by atoms with Crippen molar-refractivity contribution in [3.8, 4) is 0 Å². The molecule has 5 N–H and O–H groups in total. The van der Waals surface area contributed by atoms with Gasteiger partial charge in [0.2, 0.25) is 0 Å². The maximum Gasteiger partial charge on any atom is 2.00 e. The van der Waals surface area contributed by atoms with Gasteiger partial charge in [0.25, 0.3) is 0 Å². The smallest absolute Gasteiger partial charge is 0.486 e. The van der Waals surface area contributed by atoms with Crippen molar-refractivity contribution >= 4 is 33.5 Å². The number of aliphatic imine (C=N–C) groups is 1. The van der Waals surface area contributed by atoms with Crippen molar-refractivity contribution in [3.63, 3.8) is 0 Å². The fourth-order valence-electron chi connectivity index (χ4n) is 0.516. The van der Waals surface area contributed by atoms with E-state index in [1.54, 1.807) is 13.8 Å². The third kappa shape index (κ3) is 32.7. The van der Waals surface area contributed by atoms with Crippen molar-refractivity contribution in [1.29, 1.82) is 10.8 Å². The Kier molecular flexibility index (Phi) is 13.4. The minimum Gasteiger partial charge on any atom is -0.486 e. The number of nitrogens with zero attached hydrogens (tertiary/aromatic N) is 2. The van der Waals surface area contributed by atoms with Crippen LogP contribution in [-0.2, 0) is 0 Å². The summed E-state index contributed by atoms with van der Waals surface area (Å²) in [5.74, 6) is 1.06. The second-order valence-electron chi connectivity index (χ2n) is 2.62. The topological polar surface area (TPSA) is 124 Å². The van der Waals surface area contributed by atoms with Crippen LogP contribution in [0.1, 0.15) is 27.7 Å². The van der Waals surface area contributed by atoms with Gasteiger partial charge in [-0.05, 0) is 39.4 Å². The number of amidine groups is 4. The Morgan fingerprint density at radius 3 is 1.47 bits per heavy atom. The summed E-state index contributed by atoms with van der Waals surface area (Å²) in [6.07, 6.45) is 0. The molecule has 0 aliphatic carbocycles. The van der Waals surface area contributed by atoms with E-state index in [2.05, 4.69) is 10.3 Å². The third-order valence-corrected chi connectivity index (χ3v) is 0.679. The number of hydrogen-bond acceptors (Lipinski definition) is 2. The molecule has 15 heavy (non-hydrogen) atoms. The zero-order valence-electron chi connectivity index (χ0n) is 9.68. The molecular weight excluding hydrogens is 189 g/mol. The Hall–Kier alpha value is -1.55. The number of nitrogens with one attached hydrogen (secondary N) is 3. The van der Waals surface area contributed by atoms with Gasteiger partial charge in [-0.3, -0.25) is 0 Å². The van der Waals surface area contributed by atoms with Crippen molar-refractivity contribution < 1.29 is 5.41 Å². The van der Waals surface area contributed by atoms with Gasteiger partial charge in [-0.2, -0.15) is 0 Å². The first-order valence-electron chi connectivity index (χ1n) is 3.93. The molecule has 6 nitrogen and oxygen atoms in total. The summed E-state index contributed by atoms with van der Waals surface area (Å²) in [5.41, 5.74) is 6.76. The molecule has 0 saturated heterocycles. The van der Waals surface area contributed by atoms with Gasteiger partial charge in [0.05, 0.1) is 5.84 Å². The molecule has 0 saturated carbocycles. The van der Waals surface area contributed by atoms with Crippen molar-refractivity contribution in [3.05, 3.63) is 11.1 Å². The number of hydrogen-bond donors (Lipinski definition) is 3. The van der Waals surface area contributed by atoms with Crippen LogP contribution >= 0.6 is 0 Å². The molecule has 0 aromatic heterocycles. The van der Waals surface area contributed by atoms with Crippen LogP contribution in [0.4, 0.5) is 0 Å². The van der Waals surface area contributed by atoms with Gasteiger partial charge in [-0.1, -0.05) is 5.84 Å². The second kappa shape index (κ2) is 10.5. The van der Waals surface area contributed by atoms with E-state index in [1.165, 1.54) is 13.8 Å². The van der Waals surface area contributed by atoms with E-state index >= 15 is 0 Å². The van der Waals surface area contributed by atoms with Crippen LogP contribution < -0.4 is 5.41 Å². The molecule has 0 aromatic carbocycles.